The molecule has 1 aromatic carbocycles. The van der Waals surface area contributed by atoms with E-state index in [9.17, 15) is 4.79 Å². The van der Waals surface area contributed by atoms with Gasteiger partial charge in [0.25, 0.3) is 0 Å². The number of carbonyl (C=O) groups is 1. The van der Waals surface area contributed by atoms with Crippen LogP contribution in [0, 0.1) is 18.8 Å². The lowest BCUT2D eigenvalue weighted by atomic mass is 9.88. The number of nitrogens with two attached hydrogens (primary N) is 1. The van der Waals surface area contributed by atoms with Crippen LogP contribution in [0.1, 0.15) is 38.7 Å². The molecule has 4 heteroatoms. The van der Waals surface area contributed by atoms with Gasteiger partial charge in [-0.1, -0.05) is 13.8 Å². The Labute approximate surface area is 128 Å². The molecular formula is C17H28N2O2. The normalized spacial score (nSPS) is 12.3. The summed E-state index contributed by atoms with van der Waals surface area (Å²) in [5, 5.41) is 2.97. The Morgan fingerprint density at radius 3 is 2.57 bits per heavy atom. The summed E-state index contributed by atoms with van der Waals surface area (Å²) in [4.78, 5) is 12.1. The van der Waals surface area contributed by atoms with Crippen molar-refractivity contribution in [2.75, 3.05) is 19.0 Å². The molecule has 0 bridgehead atoms. The van der Waals surface area contributed by atoms with Gasteiger partial charge in [-0.3, -0.25) is 4.79 Å². The van der Waals surface area contributed by atoms with E-state index in [1.54, 1.807) is 7.11 Å². The zero-order valence-corrected chi connectivity index (χ0v) is 13.6. The van der Waals surface area contributed by atoms with Crippen LogP contribution < -0.4 is 15.8 Å². The number of hydrogen-bond acceptors (Lipinski definition) is 3. The summed E-state index contributed by atoms with van der Waals surface area (Å²) in [5.74, 6) is 1.93. The molecule has 0 spiro atoms. The summed E-state index contributed by atoms with van der Waals surface area (Å²) in [6.07, 6.45) is 2.40. The fraction of sp³-hybridized carbons (Fsp3) is 0.588. The molecule has 0 radical (unpaired) electrons. The lowest BCUT2D eigenvalue weighted by molar-refractivity contribution is -0.116. The molecule has 118 valence electrons. The first kappa shape index (κ1) is 17.5. The molecule has 0 saturated carbocycles. The van der Waals surface area contributed by atoms with E-state index in [0.717, 1.165) is 29.8 Å². The molecule has 0 aromatic heterocycles. The van der Waals surface area contributed by atoms with E-state index in [1.807, 2.05) is 25.1 Å². The van der Waals surface area contributed by atoms with Gasteiger partial charge in [0.2, 0.25) is 5.91 Å². The number of aryl methyl sites for hydroxylation is 1. The van der Waals surface area contributed by atoms with Crippen LogP contribution in [-0.4, -0.2) is 19.6 Å². The van der Waals surface area contributed by atoms with Crippen LogP contribution in [0.5, 0.6) is 5.75 Å². The van der Waals surface area contributed by atoms with E-state index >= 15 is 0 Å². The van der Waals surface area contributed by atoms with Gasteiger partial charge >= 0.3 is 0 Å². The highest BCUT2D eigenvalue weighted by atomic mass is 16.5. The maximum Gasteiger partial charge on any atom is 0.224 e. The predicted molar refractivity (Wildman–Crippen MR) is 87.6 cm³/mol. The van der Waals surface area contributed by atoms with E-state index in [0.29, 0.717) is 24.8 Å². The fourth-order valence-electron chi connectivity index (χ4n) is 2.46. The Morgan fingerprint density at radius 2 is 2.05 bits per heavy atom. The van der Waals surface area contributed by atoms with Crippen molar-refractivity contribution in [1.82, 2.24) is 0 Å². The molecule has 21 heavy (non-hydrogen) atoms. The van der Waals surface area contributed by atoms with Gasteiger partial charge in [-0.05, 0) is 61.9 Å². The van der Waals surface area contributed by atoms with Crippen LogP contribution in [0.25, 0.3) is 0 Å². The summed E-state index contributed by atoms with van der Waals surface area (Å²) in [5.41, 5.74) is 7.48. The number of nitrogens with one attached hydrogen (secondary N) is 1. The second-order valence-electron chi connectivity index (χ2n) is 5.85. The van der Waals surface area contributed by atoms with Crippen LogP contribution in [0.15, 0.2) is 18.2 Å². The SMILES string of the molecule is COc1ccc(NC(=O)CCC(CCN)C(C)C)c(C)c1. The number of anilines is 1. The predicted octanol–water partition coefficient (Wildman–Crippen LogP) is 3.34. The van der Waals surface area contributed by atoms with Crippen molar-refractivity contribution in [1.29, 1.82) is 0 Å². The van der Waals surface area contributed by atoms with Gasteiger partial charge in [0.1, 0.15) is 5.75 Å². The van der Waals surface area contributed by atoms with Gasteiger partial charge in [0.05, 0.1) is 7.11 Å². The summed E-state index contributed by atoms with van der Waals surface area (Å²) >= 11 is 0. The van der Waals surface area contributed by atoms with Crippen molar-refractivity contribution in [3.8, 4) is 5.75 Å². The molecule has 3 N–H and O–H groups in total. The first-order valence-corrected chi connectivity index (χ1v) is 7.62. The lowest BCUT2D eigenvalue weighted by Gasteiger charge is -2.19. The van der Waals surface area contributed by atoms with Gasteiger partial charge < -0.3 is 15.8 Å². The second-order valence-corrected chi connectivity index (χ2v) is 5.85. The van der Waals surface area contributed by atoms with Crippen molar-refractivity contribution in [2.45, 2.75) is 40.0 Å². The largest absolute Gasteiger partial charge is 0.497 e. The van der Waals surface area contributed by atoms with Crippen LogP contribution in [0.4, 0.5) is 5.69 Å². The van der Waals surface area contributed by atoms with Gasteiger partial charge in [-0.2, -0.15) is 0 Å². The van der Waals surface area contributed by atoms with Gasteiger partial charge in [0, 0.05) is 12.1 Å². The Bertz CT molecular complexity index is 458. The highest BCUT2D eigenvalue weighted by Gasteiger charge is 2.15. The second kappa shape index (κ2) is 8.67. The fourth-order valence-corrected chi connectivity index (χ4v) is 2.46. The monoisotopic (exact) mass is 292 g/mol. The third-order valence-electron chi connectivity index (χ3n) is 3.93. The highest BCUT2D eigenvalue weighted by molar-refractivity contribution is 5.91. The van der Waals surface area contributed by atoms with Crippen LogP contribution in [0.3, 0.4) is 0 Å². The van der Waals surface area contributed by atoms with E-state index in [2.05, 4.69) is 19.2 Å². The Kier molecular flexibility index (Phi) is 7.23. The quantitative estimate of drug-likeness (QED) is 0.772. The van der Waals surface area contributed by atoms with Crippen molar-refractivity contribution >= 4 is 11.6 Å². The minimum atomic E-state index is 0.0611. The van der Waals surface area contributed by atoms with Crippen molar-refractivity contribution in [3.63, 3.8) is 0 Å². The number of carbonyl (C=O) groups excluding carboxylic acids is 1. The highest BCUT2D eigenvalue weighted by Crippen LogP contribution is 2.23. The maximum absolute atomic E-state index is 12.1. The maximum atomic E-state index is 12.1. The van der Waals surface area contributed by atoms with E-state index in [1.165, 1.54) is 0 Å². The summed E-state index contributed by atoms with van der Waals surface area (Å²) in [7, 11) is 1.64. The molecule has 0 aliphatic rings. The molecule has 1 unspecified atom stereocenters. The Hall–Kier alpha value is -1.55. The number of amides is 1. The number of hydrogen-bond donors (Lipinski definition) is 2. The minimum Gasteiger partial charge on any atom is -0.497 e. The molecular weight excluding hydrogens is 264 g/mol. The van der Waals surface area contributed by atoms with E-state index < -0.39 is 0 Å². The Balaban J connectivity index is 2.53. The zero-order valence-electron chi connectivity index (χ0n) is 13.6. The molecule has 0 saturated heterocycles. The molecule has 1 rings (SSSR count). The van der Waals surface area contributed by atoms with Gasteiger partial charge in [0.15, 0.2) is 0 Å². The summed E-state index contributed by atoms with van der Waals surface area (Å²) in [6.45, 7) is 7.02. The van der Waals surface area contributed by atoms with Gasteiger partial charge in [-0.25, -0.2) is 0 Å². The lowest BCUT2D eigenvalue weighted by Crippen LogP contribution is -2.18. The average Bonchev–Trinajstić information content (AvgIpc) is 2.45. The van der Waals surface area contributed by atoms with Crippen LogP contribution >= 0.6 is 0 Å². The minimum absolute atomic E-state index is 0.0611. The van der Waals surface area contributed by atoms with Crippen LogP contribution in [0.2, 0.25) is 0 Å². The summed E-state index contributed by atoms with van der Waals surface area (Å²) in [6, 6.07) is 5.65. The molecule has 1 amide bonds. The summed E-state index contributed by atoms with van der Waals surface area (Å²) < 4.78 is 5.16. The average molecular weight is 292 g/mol. The van der Waals surface area contributed by atoms with E-state index in [-0.39, 0.29) is 5.91 Å². The van der Waals surface area contributed by atoms with Crippen molar-refractivity contribution in [2.24, 2.45) is 17.6 Å². The zero-order chi connectivity index (χ0) is 15.8. The topological polar surface area (TPSA) is 64.3 Å². The van der Waals surface area contributed by atoms with Crippen LogP contribution in [-0.2, 0) is 4.79 Å². The number of benzene rings is 1. The third kappa shape index (κ3) is 5.76. The number of methoxy groups -OCH3 is 1. The Morgan fingerprint density at radius 1 is 1.33 bits per heavy atom. The van der Waals surface area contributed by atoms with Gasteiger partial charge in [-0.15, -0.1) is 0 Å². The first-order valence-electron chi connectivity index (χ1n) is 7.62. The molecule has 0 heterocycles. The van der Waals surface area contributed by atoms with Crippen molar-refractivity contribution < 1.29 is 9.53 Å². The molecule has 0 aliphatic carbocycles. The first-order chi connectivity index (χ1) is 9.97. The standard InChI is InChI=1S/C17H28N2O2/c1-12(2)14(9-10-18)5-8-17(20)19-16-7-6-15(21-4)11-13(16)3/h6-7,11-12,14H,5,8-10,18H2,1-4H3,(H,19,20). The molecule has 1 aromatic rings. The molecule has 1 atom stereocenters. The third-order valence-corrected chi connectivity index (χ3v) is 3.93. The van der Waals surface area contributed by atoms with E-state index in [4.69, 9.17) is 10.5 Å². The number of rotatable bonds is 8. The molecule has 4 nitrogen and oxygen atoms in total. The van der Waals surface area contributed by atoms with Crippen molar-refractivity contribution in [3.05, 3.63) is 23.8 Å². The smallest absolute Gasteiger partial charge is 0.224 e. The molecule has 0 aliphatic heterocycles. The molecule has 0 fully saturated rings. The number of ether oxygens (including phenoxy) is 1.